The Balaban J connectivity index is 1.30. The van der Waals surface area contributed by atoms with E-state index in [2.05, 4.69) is 34.9 Å². The molecule has 0 unspecified atom stereocenters. The molecule has 0 atom stereocenters. The molecule has 32 heavy (non-hydrogen) atoms. The summed E-state index contributed by atoms with van der Waals surface area (Å²) in [6.07, 6.45) is 8.70. The lowest BCUT2D eigenvalue weighted by Crippen LogP contribution is -2.42. The predicted octanol–water partition coefficient (Wildman–Crippen LogP) is 5.44. The van der Waals surface area contributed by atoms with Crippen LogP contribution in [0.25, 0.3) is 0 Å². The Hall–Kier alpha value is -1.83. The number of nitrogens with one attached hydrogen (secondary N) is 3. The number of benzene rings is 1. The Labute approximate surface area is 205 Å². The first-order valence-corrected chi connectivity index (χ1v) is 12.4. The summed E-state index contributed by atoms with van der Waals surface area (Å²) in [5.41, 5.74) is 3.32. The fourth-order valence-corrected chi connectivity index (χ4v) is 5.36. The van der Waals surface area contributed by atoms with Crippen molar-refractivity contribution in [2.45, 2.75) is 63.5 Å². The van der Waals surface area contributed by atoms with Gasteiger partial charge in [0.25, 0.3) is 0 Å². The zero-order valence-corrected chi connectivity index (χ0v) is 20.9. The molecule has 0 spiro atoms. The van der Waals surface area contributed by atoms with E-state index in [0.717, 1.165) is 56.0 Å². The molecule has 0 amide bonds. The number of aromatic nitrogens is 2. The molecule has 2 aliphatic rings. The number of halogens is 2. The number of anilines is 3. The molecular formula is C23H30Cl2N6S. The Morgan fingerprint density at radius 1 is 0.969 bits per heavy atom. The smallest absolute Gasteiger partial charge is 0.225 e. The standard InChI is InChI=1S/C23H30Cl2N6S/c1-31(2)21-19-5-3-4-6-20(19)29-22(30-21)26-16-7-9-17(10-8-16)27-23(32)28-18-12-14(24)11-15(25)13-18/h11-13,16-17H,3-10H2,1-2H3,(H,26,29,30)(H2,27,28,32). The minimum atomic E-state index is 0.337. The molecule has 172 valence electrons. The summed E-state index contributed by atoms with van der Waals surface area (Å²) >= 11 is 17.6. The summed E-state index contributed by atoms with van der Waals surface area (Å²) in [7, 11) is 4.12. The molecule has 1 aromatic carbocycles. The molecular weight excluding hydrogens is 463 g/mol. The first-order valence-electron chi connectivity index (χ1n) is 11.2. The van der Waals surface area contributed by atoms with E-state index in [1.807, 2.05) is 12.1 Å². The minimum Gasteiger partial charge on any atom is -0.362 e. The fourth-order valence-electron chi connectivity index (χ4n) is 4.55. The molecule has 2 aromatic rings. The average molecular weight is 494 g/mol. The van der Waals surface area contributed by atoms with Crippen molar-refractivity contribution >= 4 is 58.0 Å². The van der Waals surface area contributed by atoms with Crippen LogP contribution in [0.4, 0.5) is 17.5 Å². The van der Waals surface area contributed by atoms with E-state index in [9.17, 15) is 0 Å². The van der Waals surface area contributed by atoms with Gasteiger partial charge in [-0.1, -0.05) is 23.2 Å². The summed E-state index contributed by atoms with van der Waals surface area (Å²) in [6.45, 7) is 0. The van der Waals surface area contributed by atoms with E-state index in [-0.39, 0.29) is 0 Å². The molecule has 4 rings (SSSR count). The highest BCUT2D eigenvalue weighted by Crippen LogP contribution is 2.29. The van der Waals surface area contributed by atoms with Crippen molar-refractivity contribution in [2.24, 2.45) is 0 Å². The zero-order valence-electron chi connectivity index (χ0n) is 18.5. The minimum absolute atomic E-state index is 0.337. The number of nitrogens with zero attached hydrogens (tertiary/aromatic N) is 3. The number of fused-ring (bicyclic) bond motifs is 1. The first kappa shape index (κ1) is 23.3. The van der Waals surface area contributed by atoms with Crippen molar-refractivity contribution in [1.29, 1.82) is 0 Å². The lowest BCUT2D eigenvalue weighted by Gasteiger charge is -2.31. The Kier molecular flexibility index (Phi) is 7.59. The molecule has 1 aromatic heterocycles. The van der Waals surface area contributed by atoms with Crippen LogP contribution in [0.3, 0.4) is 0 Å². The lowest BCUT2D eigenvalue weighted by atomic mass is 9.91. The fraction of sp³-hybridized carbons (Fsp3) is 0.522. The second-order valence-electron chi connectivity index (χ2n) is 8.85. The normalized spacial score (nSPS) is 20.2. The van der Waals surface area contributed by atoms with Crippen LogP contribution in [0, 0.1) is 0 Å². The predicted molar refractivity (Wildman–Crippen MR) is 138 cm³/mol. The van der Waals surface area contributed by atoms with Crippen molar-refractivity contribution in [2.75, 3.05) is 29.6 Å². The van der Waals surface area contributed by atoms with Crippen LogP contribution >= 0.6 is 35.4 Å². The lowest BCUT2D eigenvalue weighted by molar-refractivity contribution is 0.387. The third kappa shape index (κ3) is 5.94. The van der Waals surface area contributed by atoms with Gasteiger partial charge in [-0.3, -0.25) is 0 Å². The first-order chi connectivity index (χ1) is 15.4. The molecule has 0 radical (unpaired) electrons. The number of rotatable bonds is 5. The van der Waals surface area contributed by atoms with Crippen molar-refractivity contribution < 1.29 is 0 Å². The second kappa shape index (κ2) is 10.4. The quantitative estimate of drug-likeness (QED) is 0.480. The largest absolute Gasteiger partial charge is 0.362 e. The van der Waals surface area contributed by atoms with Crippen molar-refractivity contribution in [1.82, 2.24) is 15.3 Å². The Morgan fingerprint density at radius 2 is 1.62 bits per heavy atom. The Bertz CT molecular complexity index is 955. The highest BCUT2D eigenvalue weighted by Gasteiger charge is 2.24. The molecule has 0 aliphatic heterocycles. The molecule has 1 saturated carbocycles. The van der Waals surface area contributed by atoms with Gasteiger partial charge in [0.05, 0.1) is 5.69 Å². The molecule has 1 fully saturated rings. The van der Waals surface area contributed by atoms with E-state index in [1.54, 1.807) is 6.07 Å². The van der Waals surface area contributed by atoms with Gasteiger partial charge >= 0.3 is 0 Å². The zero-order chi connectivity index (χ0) is 22.7. The summed E-state index contributed by atoms with van der Waals surface area (Å²) in [4.78, 5) is 11.8. The number of hydrogen-bond donors (Lipinski definition) is 3. The van der Waals surface area contributed by atoms with E-state index in [1.165, 1.54) is 24.1 Å². The molecule has 2 aliphatic carbocycles. The van der Waals surface area contributed by atoms with Gasteiger partial charge in [0.15, 0.2) is 5.11 Å². The summed E-state index contributed by atoms with van der Waals surface area (Å²) in [6, 6.07) is 6.03. The van der Waals surface area contributed by atoms with Crippen LogP contribution in [0.15, 0.2) is 18.2 Å². The topological polar surface area (TPSA) is 65.1 Å². The highest BCUT2D eigenvalue weighted by atomic mass is 35.5. The third-order valence-electron chi connectivity index (χ3n) is 6.10. The van der Waals surface area contributed by atoms with Crippen LogP contribution in [0.5, 0.6) is 0 Å². The van der Waals surface area contributed by atoms with Crippen molar-refractivity contribution in [3.8, 4) is 0 Å². The Morgan fingerprint density at radius 3 is 2.31 bits per heavy atom. The van der Waals surface area contributed by atoms with Gasteiger partial charge in [-0.2, -0.15) is 4.98 Å². The summed E-state index contributed by atoms with van der Waals surface area (Å²) in [5.74, 6) is 1.82. The van der Waals surface area contributed by atoms with Crippen molar-refractivity contribution in [3.05, 3.63) is 39.5 Å². The third-order valence-corrected chi connectivity index (χ3v) is 6.76. The van der Waals surface area contributed by atoms with E-state index < -0.39 is 0 Å². The molecule has 1 heterocycles. The van der Waals surface area contributed by atoms with Crippen molar-refractivity contribution in [3.63, 3.8) is 0 Å². The summed E-state index contributed by atoms with van der Waals surface area (Å²) in [5, 5.41) is 12.0. The summed E-state index contributed by atoms with van der Waals surface area (Å²) < 4.78 is 0. The average Bonchev–Trinajstić information content (AvgIpc) is 2.73. The maximum absolute atomic E-state index is 6.07. The second-order valence-corrected chi connectivity index (χ2v) is 10.1. The van der Waals surface area contributed by atoms with Gasteiger partial charge in [0, 0.05) is 47.5 Å². The monoisotopic (exact) mass is 492 g/mol. The van der Waals surface area contributed by atoms with E-state index >= 15 is 0 Å². The molecule has 0 bridgehead atoms. The van der Waals surface area contributed by atoms with Crippen LogP contribution in [-0.2, 0) is 12.8 Å². The molecule has 9 heteroatoms. The maximum Gasteiger partial charge on any atom is 0.225 e. The van der Waals surface area contributed by atoms with E-state index in [4.69, 9.17) is 45.4 Å². The number of thiocarbonyl (C=S) groups is 1. The molecule has 3 N–H and O–H groups in total. The van der Waals surface area contributed by atoms with Crippen LogP contribution in [0.1, 0.15) is 49.8 Å². The van der Waals surface area contributed by atoms with Gasteiger partial charge in [0.1, 0.15) is 5.82 Å². The van der Waals surface area contributed by atoms with E-state index in [0.29, 0.717) is 27.2 Å². The van der Waals surface area contributed by atoms with Gasteiger partial charge < -0.3 is 20.9 Å². The van der Waals surface area contributed by atoms with Crippen LogP contribution in [-0.4, -0.2) is 41.3 Å². The van der Waals surface area contributed by atoms with Gasteiger partial charge in [-0.25, -0.2) is 4.98 Å². The SMILES string of the molecule is CN(C)c1nc(NC2CCC(NC(=S)Nc3cc(Cl)cc(Cl)c3)CC2)nc2c1CCCC2. The van der Waals surface area contributed by atoms with Gasteiger partial charge in [0.2, 0.25) is 5.95 Å². The van der Waals surface area contributed by atoms with Crippen LogP contribution < -0.4 is 20.9 Å². The maximum atomic E-state index is 6.07. The molecule has 6 nitrogen and oxygen atoms in total. The molecule has 0 saturated heterocycles. The number of aryl methyl sites for hydroxylation is 1. The van der Waals surface area contributed by atoms with Crippen LogP contribution in [0.2, 0.25) is 10.0 Å². The number of hydrogen-bond acceptors (Lipinski definition) is 5. The highest BCUT2D eigenvalue weighted by molar-refractivity contribution is 7.80. The van der Waals surface area contributed by atoms with Gasteiger partial charge in [-0.15, -0.1) is 0 Å². The van der Waals surface area contributed by atoms with Gasteiger partial charge in [-0.05, 0) is 81.8 Å².